The predicted molar refractivity (Wildman–Crippen MR) is 70.1 cm³/mol. The Morgan fingerprint density at radius 1 is 1.40 bits per heavy atom. The topological polar surface area (TPSA) is 99.9 Å². The number of nitrogens with one attached hydrogen (secondary N) is 1. The van der Waals surface area contributed by atoms with Crippen molar-refractivity contribution >= 4 is 17.8 Å². The normalized spacial score (nSPS) is 12.6. The van der Waals surface area contributed by atoms with Crippen molar-refractivity contribution in [1.82, 2.24) is 10.2 Å². The summed E-state index contributed by atoms with van der Waals surface area (Å²) < 4.78 is 4.78. The Bertz CT molecular complexity index is 507. The fourth-order valence-corrected chi connectivity index (χ4v) is 1.44. The Labute approximate surface area is 116 Å². The number of hydrogen-bond acceptors (Lipinski definition) is 4. The SMILES string of the molecule is CC(NC(=O)c1ccoc1)C(=O)N(C)C(C)(C)C(=O)O. The highest BCUT2D eigenvalue weighted by atomic mass is 16.4. The highest BCUT2D eigenvalue weighted by molar-refractivity contribution is 5.97. The van der Waals surface area contributed by atoms with Crippen LogP contribution in [0.1, 0.15) is 31.1 Å². The Hall–Kier alpha value is -2.31. The molecule has 1 aromatic rings. The van der Waals surface area contributed by atoms with Gasteiger partial charge in [-0.05, 0) is 26.8 Å². The van der Waals surface area contributed by atoms with Crippen molar-refractivity contribution in [3.63, 3.8) is 0 Å². The van der Waals surface area contributed by atoms with Gasteiger partial charge in [-0.25, -0.2) is 4.79 Å². The molecule has 1 unspecified atom stereocenters. The molecule has 1 rings (SSSR count). The molecule has 0 aromatic carbocycles. The molecular weight excluding hydrogens is 264 g/mol. The molecule has 7 nitrogen and oxygen atoms in total. The first-order valence-corrected chi connectivity index (χ1v) is 6.02. The van der Waals surface area contributed by atoms with E-state index in [0.29, 0.717) is 5.56 Å². The molecule has 0 radical (unpaired) electrons. The summed E-state index contributed by atoms with van der Waals surface area (Å²) in [5.74, 6) is -2.07. The number of nitrogens with zero attached hydrogens (tertiary/aromatic N) is 1. The van der Waals surface area contributed by atoms with Gasteiger partial charge < -0.3 is 19.7 Å². The molecule has 0 fully saturated rings. The van der Waals surface area contributed by atoms with Crippen molar-refractivity contribution in [3.05, 3.63) is 24.2 Å². The molecule has 0 aliphatic carbocycles. The van der Waals surface area contributed by atoms with E-state index < -0.39 is 29.4 Å². The summed E-state index contributed by atoms with van der Waals surface area (Å²) in [6.07, 6.45) is 2.61. The van der Waals surface area contributed by atoms with Gasteiger partial charge in [0.1, 0.15) is 17.8 Å². The molecule has 20 heavy (non-hydrogen) atoms. The minimum absolute atomic E-state index is 0.296. The molecule has 110 valence electrons. The van der Waals surface area contributed by atoms with Gasteiger partial charge in [0, 0.05) is 7.05 Å². The van der Waals surface area contributed by atoms with Crippen molar-refractivity contribution in [2.45, 2.75) is 32.4 Å². The van der Waals surface area contributed by atoms with E-state index in [4.69, 9.17) is 9.52 Å². The number of carboxylic acids is 1. The fourth-order valence-electron chi connectivity index (χ4n) is 1.44. The Balaban J connectivity index is 2.72. The molecule has 1 aromatic heterocycles. The third kappa shape index (κ3) is 3.17. The third-order valence-electron chi connectivity index (χ3n) is 3.19. The molecule has 0 spiro atoms. The smallest absolute Gasteiger partial charge is 0.329 e. The number of aliphatic carboxylic acids is 1. The van der Waals surface area contributed by atoms with Crippen LogP contribution in [-0.2, 0) is 9.59 Å². The van der Waals surface area contributed by atoms with Crippen LogP contribution in [0.5, 0.6) is 0 Å². The zero-order valence-corrected chi connectivity index (χ0v) is 11.8. The van der Waals surface area contributed by atoms with E-state index in [-0.39, 0.29) is 0 Å². The summed E-state index contributed by atoms with van der Waals surface area (Å²) in [6.45, 7) is 4.32. The lowest BCUT2D eigenvalue weighted by molar-refractivity contribution is -0.155. The molecule has 0 bridgehead atoms. The number of carbonyl (C=O) groups excluding carboxylic acids is 2. The van der Waals surface area contributed by atoms with E-state index in [1.165, 1.54) is 46.4 Å². The van der Waals surface area contributed by atoms with Gasteiger partial charge in [-0.1, -0.05) is 0 Å². The number of likely N-dealkylation sites (N-methyl/N-ethyl adjacent to an activating group) is 1. The Kier molecular flexibility index (Phi) is 4.54. The summed E-state index contributed by atoms with van der Waals surface area (Å²) in [5.41, 5.74) is -1.06. The lowest BCUT2D eigenvalue weighted by Gasteiger charge is -2.33. The van der Waals surface area contributed by atoms with Crippen molar-refractivity contribution in [2.24, 2.45) is 0 Å². The molecule has 0 aliphatic rings. The molecule has 0 saturated carbocycles. The van der Waals surface area contributed by atoms with Gasteiger partial charge in [0.2, 0.25) is 5.91 Å². The van der Waals surface area contributed by atoms with Gasteiger partial charge in [0.05, 0.1) is 11.8 Å². The van der Waals surface area contributed by atoms with E-state index in [0.717, 1.165) is 4.90 Å². The number of rotatable bonds is 5. The lowest BCUT2D eigenvalue weighted by Crippen LogP contribution is -2.56. The predicted octanol–water partition coefficient (Wildman–Crippen LogP) is 0.719. The number of furan rings is 1. The third-order valence-corrected chi connectivity index (χ3v) is 3.19. The first-order valence-electron chi connectivity index (χ1n) is 6.02. The maximum atomic E-state index is 12.1. The monoisotopic (exact) mass is 282 g/mol. The largest absolute Gasteiger partial charge is 0.480 e. The molecular formula is C13H18N2O5. The van der Waals surface area contributed by atoms with E-state index in [1.807, 2.05) is 0 Å². The van der Waals surface area contributed by atoms with Crippen LogP contribution in [0, 0.1) is 0 Å². The average molecular weight is 282 g/mol. The Morgan fingerprint density at radius 2 is 2.00 bits per heavy atom. The van der Waals surface area contributed by atoms with E-state index in [9.17, 15) is 14.4 Å². The van der Waals surface area contributed by atoms with Crippen LogP contribution in [0.3, 0.4) is 0 Å². The van der Waals surface area contributed by atoms with E-state index in [2.05, 4.69) is 5.32 Å². The second-order valence-corrected chi connectivity index (χ2v) is 4.97. The van der Waals surface area contributed by atoms with Crippen LogP contribution >= 0.6 is 0 Å². The van der Waals surface area contributed by atoms with Crippen molar-refractivity contribution in [2.75, 3.05) is 7.05 Å². The summed E-state index contributed by atoms with van der Waals surface area (Å²) in [5, 5.41) is 11.6. The minimum atomic E-state index is -1.36. The zero-order chi connectivity index (χ0) is 15.5. The van der Waals surface area contributed by atoms with Gasteiger partial charge in [-0.15, -0.1) is 0 Å². The summed E-state index contributed by atoms with van der Waals surface area (Å²) in [7, 11) is 1.39. The molecule has 2 N–H and O–H groups in total. The molecule has 2 amide bonds. The van der Waals surface area contributed by atoms with Gasteiger partial charge in [-0.2, -0.15) is 0 Å². The van der Waals surface area contributed by atoms with Crippen LogP contribution < -0.4 is 5.32 Å². The van der Waals surface area contributed by atoms with Crippen molar-refractivity contribution in [1.29, 1.82) is 0 Å². The second kappa shape index (κ2) is 5.77. The molecule has 1 heterocycles. The van der Waals surface area contributed by atoms with Crippen LogP contribution in [0.15, 0.2) is 23.0 Å². The lowest BCUT2D eigenvalue weighted by atomic mass is 10.0. The maximum Gasteiger partial charge on any atom is 0.329 e. The van der Waals surface area contributed by atoms with Crippen molar-refractivity contribution < 1.29 is 23.9 Å². The Morgan fingerprint density at radius 3 is 2.45 bits per heavy atom. The minimum Gasteiger partial charge on any atom is -0.480 e. The first-order chi connectivity index (χ1) is 9.17. The van der Waals surface area contributed by atoms with Crippen molar-refractivity contribution in [3.8, 4) is 0 Å². The molecule has 1 atom stereocenters. The number of amides is 2. The summed E-state index contributed by atoms with van der Waals surface area (Å²) in [6, 6.07) is 0.623. The summed E-state index contributed by atoms with van der Waals surface area (Å²) >= 11 is 0. The second-order valence-electron chi connectivity index (χ2n) is 4.97. The van der Waals surface area contributed by atoms with Gasteiger partial charge in [0.25, 0.3) is 5.91 Å². The van der Waals surface area contributed by atoms with Gasteiger partial charge in [0.15, 0.2) is 0 Å². The number of carbonyl (C=O) groups is 3. The van der Waals surface area contributed by atoms with Crippen LogP contribution in [0.4, 0.5) is 0 Å². The fraction of sp³-hybridized carbons (Fsp3) is 0.462. The van der Waals surface area contributed by atoms with Gasteiger partial charge in [-0.3, -0.25) is 9.59 Å². The highest BCUT2D eigenvalue weighted by Gasteiger charge is 2.37. The van der Waals surface area contributed by atoms with Crippen LogP contribution in [0.25, 0.3) is 0 Å². The molecule has 0 saturated heterocycles. The summed E-state index contributed by atoms with van der Waals surface area (Å²) in [4.78, 5) is 36.1. The number of hydrogen-bond donors (Lipinski definition) is 2. The van der Waals surface area contributed by atoms with Gasteiger partial charge >= 0.3 is 5.97 Å². The first kappa shape index (κ1) is 15.7. The highest BCUT2D eigenvalue weighted by Crippen LogP contribution is 2.14. The quantitative estimate of drug-likeness (QED) is 0.829. The van der Waals surface area contributed by atoms with Crippen LogP contribution in [-0.4, -0.2) is 46.4 Å². The number of carboxylic acid groups (broad SMARTS) is 1. The molecule has 0 aliphatic heterocycles. The van der Waals surface area contributed by atoms with E-state index >= 15 is 0 Å². The zero-order valence-electron chi connectivity index (χ0n) is 11.8. The average Bonchev–Trinajstić information content (AvgIpc) is 2.90. The van der Waals surface area contributed by atoms with E-state index in [1.54, 1.807) is 0 Å². The standard InChI is InChI=1S/C13H18N2O5/c1-8(14-10(16)9-5-6-20-7-9)11(17)15(4)13(2,3)12(18)19/h5-8H,1-4H3,(H,14,16)(H,18,19). The molecule has 7 heteroatoms. The van der Waals surface area contributed by atoms with Crippen LogP contribution in [0.2, 0.25) is 0 Å². The maximum absolute atomic E-state index is 12.1.